The van der Waals surface area contributed by atoms with E-state index in [1.165, 1.54) is 11.3 Å². The molecule has 0 saturated carbocycles. The number of carbonyl (C=O) groups excluding carboxylic acids is 2. The molecule has 0 bridgehead atoms. The molecule has 5 N–H and O–H groups in total. The minimum atomic E-state index is -0.694. The Morgan fingerprint density at radius 3 is 2.73 bits per heavy atom. The number of nitrogens with two attached hydrogens (primary N) is 1. The topological polar surface area (TPSA) is 105 Å². The van der Waals surface area contributed by atoms with Crippen LogP contribution in [0.15, 0.2) is 30.3 Å². The zero-order chi connectivity index (χ0) is 18.5. The van der Waals surface area contributed by atoms with Crippen LogP contribution < -0.4 is 26.4 Å². The van der Waals surface area contributed by atoms with E-state index >= 15 is 0 Å². The Bertz CT molecular complexity index is 799. The van der Waals surface area contributed by atoms with Gasteiger partial charge in [0.05, 0.1) is 12.7 Å². The van der Waals surface area contributed by atoms with Crippen molar-refractivity contribution in [2.75, 3.05) is 25.5 Å². The second kappa shape index (κ2) is 8.20. The molecule has 138 valence electrons. The third-order valence-corrected chi connectivity index (χ3v) is 5.34. The Labute approximate surface area is 155 Å². The number of primary amides is 1. The van der Waals surface area contributed by atoms with Crippen molar-refractivity contribution in [2.24, 2.45) is 5.73 Å². The van der Waals surface area contributed by atoms with Crippen molar-refractivity contribution in [3.05, 3.63) is 35.9 Å². The molecule has 3 amide bonds. The van der Waals surface area contributed by atoms with Crippen molar-refractivity contribution in [3.63, 3.8) is 0 Å². The van der Waals surface area contributed by atoms with Crippen molar-refractivity contribution >= 4 is 28.3 Å². The molecule has 1 aliphatic heterocycles. The lowest BCUT2D eigenvalue weighted by molar-refractivity contribution is 0.0931. The molecule has 1 fully saturated rings. The summed E-state index contributed by atoms with van der Waals surface area (Å²) >= 11 is 1.31. The van der Waals surface area contributed by atoms with Gasteiger partial charge in [-0.05, 0) is 49.7 Å². The molecule has 2 aromatic rings. The average molecular weight is 374 g/mol. The fourth-order valence-electron chi connectivity index (χ4n) is 2.91. The van der Waals surface area contributed by atoms with E-state index in [9.17, 15) is 9.59 Å². The van der Waals surface area contributed by atoms with Crippen LogP contribution in [0.25, 0.3) is 10.4 Å². The Hall–Kier alpha value is -2.58. The molecule has 0 aliphatic carbocycles. The van der Waals surface area contributed by atoms with Gasteiger partial charge in [-0.2, -0.15) is 0 Å². The monoisotopic (exact) mass is 374 g/mol. The summed E-state index contributed by atoms with van der Waals surface area (Å²) < 4.78 is 5.26. The molecule has 7 nitrogen and oxygen atoms in total. The molecule has 1 aromatic heterocycles. The highest BCUT2D eigenvalue weighted by Crippen LogP contribution is 2.36. The summed E-state index contributed by atoms with van der Waals surface area (Å²) in [4.78, 5) is 24.9. The number of piperidine rings is 1. The zero-order valence-electron chi connectivity index (χ0n) is 14.5. The Kier molecular flexibility index (Phi) is 5.75. The number of urea groups is 1. The lowest BCUT2D eigenvalue weighted by atomic mass is 10.1. The number of carbonyl (C=O) groups is 2. The second-order valence-corrected chi connectivity index (χ2v) is 7.12. The van der Waals surface area contributed by atoms with Gasteiger partial charge in [0, 0.05) is 10.9 Å². The fourth-order valence-corrected chi connectivity index (χ4v) is 3.97. The molecule has 0 unspecified atom stereocenters. The number of anilines is 1. The van der Waals surface area contributed by atoms with E-state index in [2.05, 4.69) is 16.0 Å². The number of nitrogens with one attached hydrogen (secondary N) is 3. The first-order chi connectivity index (χ1) is 12.6. The van der Waals surface area contributed by atoms with E-state index < -0.39 is 6.03 Å². The summed E-state index contributed by atoms with van der Waals surface area (Å²) in [5, 5.41) is 9.32. The van der Waals surface area contributed by atoms with Crippen LogP contribution in [0.1, 0.15) is 23.2 Å². The Balaban J connectivity index is 1.88. The normalized spacial score (nSPS) is 14.7. The number of hydrogen-bond acceptors (Lipinski definition) is 5. The van der Waals surface area contributed by atoms with E-state index in [4.69, 9.17) is 10.5 Å². The van der Waals surface area contributed by atoms with Crippen LogP contribution in [-0.4, -0.2) is 38.2 Å². The van der Waals surface area contributed by atoms with Gasteiger partial charge in [0.25, 0.3) is 5.91 Å². The number of rotatable bonds is 5. The van der Waals surface area contributed by atoms with E-state index in [0.29, 0.717) is 10.6 Å². The maximum absolute atomic E-state index is 12.7. The van der Waals surface area contributed by atoms with Gasteiger partial charge in [-0.1, -0.05) is 12.1 Å². The van der Waals surface area contributed by atoms with Gasteiger partial charge in [-0.3, -0.25) is 10.1 Å². The van der Waals surface area contributed by atoms with Gasteiger partial charge in [0.2, 0.25) is 0 Å². The predicted octanol–water partition coefficient (Wildman–Crippen LogP) is 2.40. The van der Waals surface area contributed by atoms with Crippen LogP contribution in [0.2, 0.25) is 0 Å². The highest BCUT2D eigenvalue weighted by Gasteiger charge is 2.22. The average Bonchev–Trinajstić information content (AvgIpc) is 3.06. The maximum atomic E-state index is 12.7. The van der Waals surface area contributed by atoms with Crippen LogP contribution in [0, 0.1) is 0 Å². The third kappa shape index (κ3) is 4.33. The third-order valence-electron chi connectivity index (χ3n) is 4.24. The maximum Gasteiger partial charge on any atom is 0.317 e. The number of hydrogen-bond donors (Lipinski definition) is 4. The van der Waals surface area contributed by atoms with Crippen LogP contribution in [0.3, 0.4) is 0 Å². The lowest BCUT2D eigenvalue weighted by Gasteiger charge is -2.23. The van der Waals surface area contributed by atoms with Crippen molar-refractivity contribution in [1.82, 2.24) is 10.6 Å². The summed E-state index contributed by atoms with van der Waals surface area (Å²) in [6, 6.07) is 8.76. The smallest absolute Gasteiger partial charge is 0.317 e. The van der Waals surface area contributed by atoms with Gasteiger partial charge in [0.15, 0.2) is 0 Å². The minimum absolute atomic E-state index is 0.130. The number of amides is 3. The number of ether oxygens (including phenoxy) is 1. The van der Waals surface area contributed by atoms with Crippen molar-refractivity contribution in [2.45, 2.75) is 18.9 Å². The summed E-state index contributed by atoms with van der Waals surface area (Å²) in [7, 11) is 1.60. The molecule has 1 aromatic carbocycles. The van der Waals surface area contributed by atoms with Crippen LogP contribution in [0.4, 0.5) is 9.80 Å². The second-order valence-electron chi connectivity index (χ2n) is 6.07. The fraction of sp³-hybridized carbons (Fsp3) is 0.333. The molecule has 2 heterocycles. The Morgan fingerprint density at radius 1 is 1.27 bits per heavy atom. The van der Waals surface area contributed by atoms with Crippen molar-refractivity contribution < 1.29 is 14.3 Å². The van der Waals surface area contributed by atoms with Gasteiger partial charge >= 0.3 is 6.03 Å². The summed E-state index contributed by atoms with van der Waals surface area (Å²) in [5.74, 6) is 0.520. The molecular weight excluding hydrogens is 352 g/mol. The number of benzene rings is 1. The molecule has 0 spiro atoms. The summed E-state index contributed by atoms with van der Waals surface area (Å²) in [6.45, 7) is 1.77. The first-order valence-corrected chi connectivity index (χ1v) is 9.25. The van der Waals surface area contributed by atoms with Gasteiger partial charge in [-0.25, -0.2) is 4.79 Å². The van der Waals surface area contributed by atoms with Crippen LogP contribution in [-0.2, 0) is 0 Å². The minimum Gasteiger partial charge on any atom is -0.497 e. The summed E-state index contributed by atoms with van der Waals surface area (Å²) in [5.41, 5.74) is 6.59. The number of thiophene rings is 1. The van der Waals surface area contributed by atoms with Crippen molar-refractivity contribution in [3.8, 4) is 16.2 Å². The molecule has 1 aliphatic rings. The summed E-state index contributed by atoms with van der Waals surface area (Å²) in [6.07, 6.45) is 1.77. The zero-order valence-corrected chi connectivity index (χ0v) is 15.3. The highest BCUT2D eigenvalue weighted by molar-refractivity contribution is 7.20. The van der Waals surface area contributed by atoms with Crippen molar-refractivity contribution in [1.29, 1.82) is 0 Å². The lowest BCUT2D eigenvalue weighted by Crippen LogP contribution is -2.42. The van der Waals surface area contributed by atoms with Gasteiger partial charge in [0.1, 0.15) is 10.8 Å². The first-order valence-electron chi connectivity index (χ1n) is 8.43. The molecule has 1 saturated heterocycles. The SMILES string of the molecule is COc1cccc(-c2cc(C(=O)NC3CCNCC3)c(NC(N)=O)s2)c1. The molecule has 26 heavy (non-hydrogen) atoms. The number of methoxy groups -OCH3 is 1. The van der Waals surface area contributed by atoms with Crippen LogP contribution in [0.5, 0.6) is 5.75 Å². The highest BCUT2D eigenvalue weighted by atomic mass is 32.1. The van der Waals surface area contributed by atoms with E-state index in [1.54, 1.807) is 13.2 Å². The molecular formula is C18H22N4O3S. The van der Waals surface area contributed by atoms with E-state index in [0.717, 1.165) is 42.1 Å². The first kappa shape index (κ1) is 18.2. The quantitative estimate of drug-likeness (QED) is 0.645. The van der Waals surface area contributed by atoms with Gasteiger partial charge < -0.3 is 21.1 Å². The predicted molar refractivity (Wildman–Crippen MR) is 103 cm³/mol. The molecule has 8 heteroatoms. The van der Waals surface area contributed by atoms with E-state index in [-0.39, 0.29) is 11.9 Å². The molecule has 0 radical (unpaired) electrons. The van der Waals surface area contributed by atoms with Crippen LogP contribution >= 0.6 is 11.3 Å². The largest absolute Gasteiger partial charge is 0.497 e. The van der Waals surface area contributed by atoms with Gasteiger partial charge in [-0.15, -0.1) is 11.3 Å². The van der Waals surface area contributed by atoms with E-state index in [1.807, 2.05) is 24.3 Å². The standard InChI is InChI=1S/C18H22N4O3S/c1-25-13-4-2-3-11(9-13)15-10-14(17(26-15)22-18(19)24)16(23)21-12-5-7-20-8-6-12/h2-4,9-10,12,20H,5-8H2,1H3,(H,21,23)(H3,19,22,24). The molecule has 0 atom stereocenters. The Morgan fingerprint density at radius 2 is 2.04 bits per heavy atom. The molecule has 3 rings (SSSR count).